The number of hydrogen-bond acceptors (Lipinski definition) is 4. The standard InChI is InChI=1S/C20H19F3N4O/c1-2-18(28)27-12-15(17(13-27)26-19-24-10-3-11-25-19)7-4-14-5-8-16(9-6-14)20(21,22)23/h2-11,15,17H,1,12-13H2,(H,24,25,26)/b7-4+/t15-,17-/m0/s1. The van der Waals surface area contributed by atoms with E-state index in [2.05, 4.69) is 21.9 Å². The zero-order valence-electron chi connectivity index (χ0n) is 14.9. The number of halogens is 3. The second-order valence-electron chi connectivity index (χ2n) is 6.41. The first-order chi connectivity index (χ1) is 13.4. The predicted molar refractivity (Wildman–Crippen MR) is 100 cm³/mol. The van der Waals surface area contributed by atoms with Gasteiger partial charge >= 0.3 is 6.18 Å². The Hall–Kier alpha value is -3.16. The molecule has 1 aliphatic heterocycles. The van der Waals surface area contributed by atoms with Crippen LogP contribution in [-0.2, 0) is 11.0 Å². The molecule has 0 unspecified atom stereocenters. The molecule has 1 saturated heterocycles. The van der Waals surface area contributed by atoms with Crippen LogP contribution < -0.4 is 5.32 Å². The first kappa shape index (κ1) is 19.6. The molecule has 1 N–H and O–H groups in total. The molecule has 1 aromatic carbocycles. The molecule has 1 aliphatic rings. The molecule has 2 aromatic rings. The summed E-state index contributed by atoms with van der Waals surface area (Å²) in [5.74, 6) is 0.217. The van der Waals surface area contributed by atoms with E-state index in [0.717, 1.165) is 12.1 Å². The van der Waals surface area contributed by atoms with Gasteiger partial charge in [0.25, 0.3) is 0 Å². The molecule has 0 radical (unpaired) electrons. The zero-order valence-corrected chi connectivity index (χ0v) is 14.9. The van der Waals surface area contributed by atoms with E-state index in [0.29, 0.717) is 24.6 Å². The molecular formula is C20H19F3N4O. The Bertz CT molecular complexity index is 850. The molecular weight excluding hydrogens is 369 g/mol. The van der Waals surface area contributed by atoms with Crippen molar-refractivity contribution in [2.75, 3.05) is 18.4 Å². The van der Waals surface area contributed by atoms with Crippen molar-refractivity contribution < 1.29 is 18.0 Å². The zero-order chi connectivity index (χ0) is 20.1. The van der Waals surface area contributed by atoms with Crippen LogP contribution >= 0.6 is 0 Å². The second kappa shape index (κ2) is 8.24. The van der Waals surface area contributed by atoms with E-state index in [1.54, 1.807) is 29.4 Å². The number of carbonyl (C=O) groups is 1. The lowest BCUT2D eigenvalue weighted by Gasteiger charge is -2.16. The highest BCUT2D eigenvalue weighted by Gasteiger charge is 2.33. The summed E-state index contributed by atoms with van der Waals surface area (Å²) in [5.41, 5.74) is -0.0368. The monoisotopic (exact) mass is 388 g/mol. The number of nitrogens with zero attached hydrogens (tertiary/aromatic N) is 3. The summed E-state index contributed by atoms with van der Waals surface area (Å²) in [4.78, 5) is 21.9. The van der Waals surface area contributed by atoms with E-state index in [4.69, 9.17) is 0 Å². The Morgan fingerprint density at radius 2 is 1.86 bits per heavy atom. The summed E-state index contributed by atoms with van der Waals surface area (Å²) in [5, 5.41) is 3.21. The Morgan fingerprint density at radius 3 is 2.46 bits per heavy atom. The van der Waals surface area contributed by atoms with Crippen LogP contribution in [-0.4, -0.2) is 39.9 Å². The third kappa shape index (κ3) is 4.76. The van der Waals surface area contributed by atoms with Gasteiger partial charge in [0.2, 0.25) is 11.9 Å². The third-order valence-electron chi connectivity index (χ3n) is 4.51. The number of aromatic nitrogens is 2. The number of benzene rings is 1. The van der Waals surface area contributed by atoms with Gasteiger partial charge in [-0.15, -0.1) is 0 Å². The largest absolute Gasteiger partial charge is 0.416 e. The van der Waals surface area contributed by atoms with Gasteiger partial charge in [-0.2, -0.15) is 13.2 Å². The highest BCUT2D eigenvalue weighted by atomic mass is 19.4. The van der Waals surface area contributed by atoms with Gasteiger partial charge < -0.3 is 10.2 Å². The van der Waals surface area contributed by atoms with Gasteiger partial charge in [-0.05, 0) is 29.8 Å². The van der Waals surface area contributed by atoms with Gasteiger partial charge in [-0.25, -0.2) is 9.97 Å². The number of alkyl halides is 3. The number of rotatable bonds is 5. The van der Waals surface area contributed by atoms with Crippen molar-refractivity contribution in [3.05, 3.63) is 72.6 Å². The Kier molecular flexibility index (Phi) is 5.77. The van der Waals surface area contributed by atoms with Crippen molar-refractivity contribution in [2.45, 2.75) is 12.2 Å². The van der Waals surface area contributed by atoms with Crippen molar-refractivity contribution in [3.63, 3.8) is 0 Å². The topological polar surface area (TPSA) is 58.1 Å². The molecule has 1 aromatic heterocycles. The van der Waals surface area contributed by atoms with E-state index in [9.17, 15) is 18.0 Å². The summed E-state index contributed by atoms with van der Waals surface area (Å²) in [6.45, 7) is 4.43. The maximum absolute atomic E-state index is 12.7. The number of anilines is 1. The van der Waals surface area contributed by atoms with Crippen molar-refractivity contribution in [2.24, 2.45) is 5.92 Å². The highest BCUT2D eigenvalue weighted by Crippen LogP contribution is 2.29. The molecule has 2 heterocycles. The number of nitrogens with one attached hydrogen (secondary N) is 1. The number of amides is 1. The fraction of sp³-hybridized carbons (Fsp3) is 0.250. The number of likely N-dealkylation sites (tertiary alicyclic amines) is 1. The minimum atomic E-state index is -4.36. The van der Waals surface area contributed by atoms with E-state index < -0.39 is 11.7 Å². The van der Waals surface area contributed by atoms with Crippen LogP contribution in [0.25, 0.3) is 6.08 Å². The smallest absolute Gasteiger partial charge is 0.349 e. The van der Waals surface area contributed by atoms with Gasteiger partial charge in [0, 0.05) is 31.4 Å². The van der Waals surface area contributed by atoms with Crippen LogP contribution in [0.15, 0.2) is 61.5 Å². The van der Waals surface area contributed by atoms with Crippen molar-refractivity contribution in [3.8, 4) is 0 Å². The van der Waals surface area contributed by atoms with E-state index in [1.165, 1.54) is 18.2 Å². The Labute approximate surface area is 160 Å². The molecule has 1 fully saturated rings. The van der Waals surface area contributed by atoms with Crippen LogP contribution in [0, 0.1) is 5.92 Å². The minimum Gasteiger partial charge on any atom is -0.349 e. The van der Waals surface area contributed by atoms with Gasteiger partial charge in [-0.1, -0.05) is 30.9 Å². The summed E-state index contributed by atoms with van der Waals surface area (Å²) >= 11 is 0. The van der Waals surface area contributed by atoms with E-state index >= 15 is 0 Å². The first-order valence-electron chi connectivity index (χ1n) is 8.67. The molecule has 3 rings (SSSR count). The molecule has 2 atom stereocenters. The molecule has 0 spiro atoms. The molecule has 0 saturated carbocycles. The quantitative estimate of drug-likeness (QED) is 0.795. The summed E-state index contributed by atoms with van der Waals surface area (Å²) in [6, 6.07) is 6.52. The SMILES string of the molecule is C=CC(=O)N1C[C@H](Nc2ncccn2)[C@@H](/C=C/c2ccc(C(F)(F)F)cc2)C1. The van der Waals surface area contributed by atoms with Gasteiger partial charge in [0.05, 0.1) is 11.6 Å². The molecule has 1 amide bonds. The Balaban J connectivity index is 1.75. The fourth-order valence-electron chi connectivity index (χ4n) is 3.04. The van der Waals surface area contributed by atoms with Gasteiger partial charge in [0.1, 0.15) is 0 Å². The molecule has 8 heteroatoms. The molecule has 146 valence electrons. The predicted octanol–water partition coefficient (Wildman–Crippen LogP) is 3.63. The van der Waals surface area contributed by atoms with Crippen LogP contribution in [0.2, 0.25) is 0 Å². The molecule has 5 nitrogen and oxygen atoms in total. The average molecular weight is 388 g/mol. The normalized spacial score (nSPS) is 19.8. The van der Waals surface area contributed by atoms with Crippen molar-refractivity contribution in [1.82, 2.24) is 14.9 Å². The molecule has 0 bridgehead atoms. The third-order valence-corrected chi connectivity index (χ3v) is 4.51. The maximum atomic E-state index is 12.7. The van der Waals surface area contributed by atoms with Gasteiger partial charge in [-0.3, -0.25) is 4.79 Å². The first-order valence-corrected chi connectivity index (χ1v) is 8.67. The number of hydrogen-bond donors (Lipinski definition) is 1. The van der Waals surface area contributed by atoms with Crippen LogP contribution in [0.1, 0.15) is 11.1 Å². The van der Waals surface area contributed by atoms with Crippen molar-refractivity contribution in [1.29, 1.82) is 0 Å². The van der Waals surface area contributed by atoms with Crippen LogP contribution in [0.5, 0.6) is 0 Å². The van der Waals surface area contributed by atoms with Crippen LogP contribution in [0.4, 0.5) is 19.1 Å². The van der Waals surface area contributed by atoms with E-state index in [1.807, 2.05) is 6.08 Å². The van der Waals surface area contributed by atoms with E-state index in [-0.39, 0.29) is 17.9 Å². The van der Waals surface area contributed by atoms with Crippen LogP contribution in [0.3, 0.4) is 0 Å². The fourth-order valence-corrected chi connectivity index (χ4v) is 3.04. The lowest BCUT2D eigenvalue weighted by atomic mass is 10.0. The Morgan fingerprint density at radius 1 is 1.18 bits per heavy atom. The average Bonchev–Trinajstić information content (AvgIpc) is 3.09. The second-order valence-corrected chi connectivity index (χ2v) is 6.41. The lowest BCUT2D eigenvalue weighted by Crippen LogP contribution is -2.31. The van der Waals surface area contributed by atoms with Gasteiger partial charge in [0.15, 0.2) is 0 Å². The molecule has 28 heavy (non-hydrogen) atoms. The summed E-state index contributed by atoms with van der Waals surface area (Å²) in [6.07, 6.45) is 3.78. The van der Waals surface area contributed by atoms with Crippen molar-refractivity contribution >= 4 is 17.9 Å². The summed E-state index contributed by atoms with van der Waals surface area (Å²) < 4.78 is 38.0. The molecule has 0 aliphatic carbocycles. The number of carbonyl (C=O) groups excluding carboxylic acids is 1. The minimum absolute atomic E-state index is 0.0602. The maximum Gasteiger partial charge on any atom is 0.416 e. The lowest BCUT2D eigenvalue weighted by molar-refractivity contribution is -0.137. The highest BCUT2D eigenvalue weighted by molar-refractivity contribution is 5.87. The summed E-state index contributed by atoms with van der Waals surface area (Å²) in [7, 11) is 0.